The normalized spacial score (nSPS) is 14.9. The monoisotopic (exact) mass is 397 g/mol. The van der Waals surface area contributed by atoms with Crippen molar-refractivity contribution in [3.8, 4) is 0 Å². The molecular formula is C16H16ClN3O5S. The van der Waals surface area contributed by atoms with Gasteiger partial charge in [-0.25, -0.2) is 8.42 Å². The number of para-hydroxylation sites is 2. The molecule has 0 aromatic heterocycles. The van der Waals surface area contributed by atoms with Crippen molar-refractivity contribution in [2.75, 3.05) is 35.9 Å². The Hall–Kier alpha value is -2.36. The van der Waals surface area contributed by atoms with Gasteiger partial charge in [-0.15, -0.1) is 0 Å². The third-order valence-corrected chi connectivity index (χ3v) is 5.56. The lowest BCUT2D eigenvalue weighted by Gasteiger charge is -2.30. The van der Waals surface area contributed by atoms with E-state index >= 15 is 0 Å². The second-order valence-electron chi connectivity index (χ2n) is 5.59. The molecule has 2 aromatic rings. The van der Waals surface area contributed by atoms with Crippen LogP contribution in [0.2, 0.25) is 5.02 Å². The first-order valence-electron chi connectivity index (χ1n) is 7.77. The minimum absolute atomic E-state index is 0.0874. The summed E-state index contributed by atoms with van der Waals surface area (Å²) in [5.41, 5.74) is 0.462. The average molecular weight is 398 g/mol. The van der Waals surface area contributed by atoms with Crippen molar-refractivity contribution >= 4 is 38.7 Å². The number of halogens is 1. The van der Waals surface area contributed by atoms with E-state index in [0.717, 1.165) is 12.1 Å². The maximum absolute atomic E-state index is 12.8. The molecule has 0 unspecified atom stereocenters. The first kappa shape index (κ1) is 18.4. The van der Waals surface area contributed by atoms with Gasteiger partial charge in [0.1, 0.15) is 0 Å². The van der Waals surface area contributed by atoms with E-state index in [1.54, 1.807) is 24.3 Å². The molecule has 1 aliphatic rings. The number of nitrogens with zero attached hydrogens (tertiary/aromatic N) is 2. The third-order valence-electron chi connectivity index (χ3n) is 3.91. The number of hydrogen-bond donors (Lipinski definition) is 1. The topological polar surface area (TPSA) is 102 Å². The number of morpholine rings is 1. The number of nitrogens with one attached hydrogen (secondary N) is 1. The Morgan fingerprint density at radius 1 is 1.15 bits per heavy atom. The maximum Gasteiger partial charge on any atom is 0.291 e. The second kappa shape index (κ2) is 7.48. The zero-order chi connectivity index (χ0) is 18.7. The highest BCUT2D eigenvalue weighted by Gasteiger charge is 2.27. The van der Waals surface area contributed by atoms with E-state index in [-0.39, 0.29) is 5.02 Å². The van der Waals surface area contributed by atoms with Crippen molar-refractivity contribution in [3.05, 3.63) is 57.6 Å². The molecule has 0 aliphatic carbocycles. The number of nitro groups is 1. The summed E-state index contributed by atoms with van der Waals surface area (Å²) in [5.74, 6) is 0. The molecule has 1 N–H and O–H groups in total. The molecule has 2 aromatic carbocycles. The van der Waals surface area contributed by atoms with Crippen molar-refractivity contribution in [1.82, 2.24) is 0 Å². The number of ether oxygens (including phenoxy) is 1. The summed E-state index contributed by atoms with van der Waals surface area (Å²) < 4.78 is 33.3. The van der Waals surface area contributed by atoms with Gasteiger partial charge >= 0.3 is 0 Å². The third kappa shape index (κ3) is 3.90. The van der Waals surface area contributed by atoms with Gasteiger partial charge in [0.25, 0.3) is 15.7 Å². The van der Waals surface area contributed by atoms with Crippen LogP contribution < -0.4 is 9.62 Å². The summed E-state index contributed by atoms with van der Waals surface area (Å²) >= 11 is 5.76. The van der Waals surface area contributed by atoms with Crippen LogP contribution in [-0.4, -0.2) is 39.6 Å². The van der Waals surface area contributed by atoms with E-state index in [0.29, 0.717) is 37.7 Å². The molecule has 1 aliphatic heterocycles. The number of benzene rings is 2. The molecule has 1 saturated heterocycles. The van der Waals surface area contributed by atoms with Gasteiger partial charge in [0, 0.05) is 24.2 Å². The van der Waals surface area contributed by atoms with E-state index < -0.39 is 25.5 Å². The Morgan fingerprint density at radius 2 is 1.85 bits per heavy atom. The molecule has 1 heterocycles. The summed E-state index contributed by atoms with van der Waals surface area (Å²) in [6.07, 6.45) is 0. The van der Waals surface area contributed by atoms with Crippen LogP contribution in [0, 0.1) is 10.1 Å². The zero-order valence-electron chi connectivity index (χ0n) is 13.6. The Bertz CT molecular complexity index is 929. The van der Waals surface area contributed by atoms with Crippen molar-refractivity contribution in [2.24, 2.45) is 0 Å². The van der Waals surface area contributed by atoms with Gasteiger partial charge in [0.2, 0.25) is 0 Å². The van der Waals surface area contributed by atoms with Crippen molar-refractivity contribution in [2.45, 2.75) is 4.90 Å². The smallest absolute Gasteiger partial charge is 0.291 e. The Kier molecular flexibility index (Phi) is 5.30. The van der Waals surface area contributed by atoms with Crippen LogP contribution >= 0.6 is 11.6 Å². The van der Waals surface area contributed by atoms with Gasteiger partial charge in [0.05, 0.1) is 29.5 Å². The quantitative estimate of drug-likeness (QED) is 0.614. The average Bonchev–Trinajstić information content (AvgIpc) is 2.62. The molecule has 26 heavy (non-hydrogen) atoms. The van der Waals surface area contributed by atoms with Gasteiger partial charge in [-0.1, -0.05) is 23.7 Å². The largest absolute Gasteiger partial charge is 0.378 e. The van der Waals surface area contributed by atoms with E-state index in [9.17, 15) is 18.5 Å². The molecule has 0 spiro atoms. The van der Waals surface area contributed by atoms with E-state index in [2.05, 4.69) is 4.72 Å². The number of sulfonamides is 1. The Labute approximate surface area is 155 Å². The van der Waals surface area contributed by atoms with Crippen LogP contribution in [0.5, 0.6) is 0 Å². The van der Waals surface area contributed by atoms with Crippen LogP contribution in [0.3, 0.4) is 0 Å². The summed E-state index contributed by atoms with van der Waals surface area (Å²) in [7, 11) is -4.18. The number of nitro benzene ring substituents is 1. The fourth-order valence-corrected chi connectivity index (χ4v) is 4.09. The molecule has 3 rings (SSSR count). The minimum atomic E-state index is -4.18. The molecule has 1 fully saturated rings. The molecule has 0 saturated carbocycles. The lowest BCUT2D eigenvalue weighted by Crippen LogP contribution is -2.36. The predicted octanol–water partition coefficient (Wildman–Crippen LogP) is 2.89. The standard InChI is InChI=1S/C16H16ClN3O5S/c17-12-5-6-16(15(11-12)20(21)22)26(23,24)18-13-3-1-2-4-14(13)19-7-9-25-10-8-19/h1-6,11,18H,7-10H2. The molecule has 8 nitrogen and oxygen atoms in total. The van der Waals surface area contributed by atoms with Crippen LogP contribution in [0.15, 0.2) is 47.4 Å². The number of anilines is 2. The second-order valence-corrected chi connectivity index (χ2v) is 7.68. The van der Waals surface area contributed by atoms with Gasteiger partial charge in [-0.2, -0.15) is 0 Å². The van der Waals surface area contributed by atoms with Crippen molar-refractivity contribution in [3.63, 3.8) is 0 Å². The van der Waals surface area contributed by atoms with Crippen LogP contribution in [0.1, 0.15) is 0 Å². The summed E-state index contributed by atoms with van der Waals surface area (Å²) in [5, 5.41) is 11.3. The first-order chi connectivity index (χ1) is 12.4. The molecule has 0 atom stereocenters. The van der Waals surface area contributed by atoms with Gasteiger partial charge < -0.3 is 9.64 Å². The molecule has 10 heteroatoms. The molecule has 0 bridgehead atoms. The lowest BCUT2D eigenvalue weighted by atomic mass is 10.2. The minimum Gasteiger partial charge on any atom is -0.378 e. The molecule has 0 radical (unpaired) electrons. The van der Waals surface area contributed by atoms with Gasteiger partial charge in [0.15, 0.2) is 4.90 Å². The SMILES string of the molecule is O=[N+]([O-])c1cc(Cl)ccc1S(=O)(=O)Nc1ccccc1N1CCOCC1. The fraction of sp³-hybridized carbons (Fsp3) is 0.250. The fourth-order valence-electron chi connectivity index (χ4n) is 2.70. The highest BCUT2D eigenvalue weighted by Crippen LogP contribution is 2.32. The molecule has 0 amide bonds. The van der Waals surface area contributed by atoms with Crippen LogP contribution in [0.25, 0.3) is 0 Å². The lowest BCUT2D eigenvalue weighted by molar-refractivity contribution is -0.387. The van der Waals surface area contributed by atoms with E-state index in [1.807, 2.05) is 4.90 Å². The van der Waals surface area contributed by atoms with Crippen LogP contribution in [-0.2, 0) is 14.8 Å². The predicted molar refractivity (Wildman–Crippen MR) is 98.4 cm³/mol. The zero-order valence-corrected chi connectivity index (χ0v) is 15.2. The Morgan fingerprint density at radius 3 is 2.54 bits per heavy atom. The van der Waals surface area contributed by atoms with Gasteiger partial charge in [-0.3, -0.25) is 14.8 Å². The Balaban J connectivity index is 1.98. The van der Waals surface area contributed by atoms with E-state index in [1.165, 1.54) is 6.07 Å². The number of hydrogen-bond acceptors (Lipinski definition) is 6. The summed E-state index contributed by atoms with van der Waals surface area (Å²) in [6.45, 7) is 2.34. The van der Waals surface area contributed by atoms with E-state index in [4.69, 9.17) is 16.3 Å². The van der Waals surface area contributed by atoms with Crippen LogP contribution in [0.4, 0.5) is 17.1 Å². The number of rotatable bonds is 5. The summed E-state index contributed by atoms with van der Waals surface area (Å²) in [6, 6.07) is 10.3. The van der Waals surface area contributed by atoms with Crippen molar-refractivity contribution < 1.29 is 18.1 Å². The highest BCUT2D eigenvalue weighted by atomic mass is 35.5. The highest BCUT2D eigenvalue weighted by molar-refractivity contribution is 7.92. The van der Waals surface area contributed by atoms with Crippen molar-refractivity contribution in [1.29, 1.82) is 0 Å². The molecule has 138 valence electrons. The first-order valence-corrected chi connectivity index (χ1v) is 9.63. The van der Waals surface area contributed by atoms with Gasteiger partial charge in [-0.05, 0) is 24.3 Å². The maximum atomic E-state index is 12.8. The molecular weight excluding hydrogens is 382 g/mol. The summed E-state index contributed by atoms with van der Waals surface area (Å²) in [4.78, 5) is 12.0.